The Bertz CT molecular complexity index is 481. The Morgan fingerprint density at radius 1 is 1.23 bits per heavy atom. The Morgan fingerprint density at radius 3 is 2.41 bits per heavy atom. The smallest absolute Gasteiger partial charge is 0.326 e. The van der Waals surface area contributed by atoms with Gasteiger partial charge in [0, 0.05) is 13.0 Å². The van der Waals surface area contributed by atoms with Gasteiger partial charge in [-0.1, -0.05) is 18.2 Å². The molecule has 0 bridgehead atoms. The van der Waals surface area contributed by atoms with Crippen LogP contribution in [-0.2, 0) is 14.3 Å². The van der Waals surface area contributed by atoms with Gasteiger partial charge < -0.3 is 19.9 Å². The van der Waals surface area contributed by atoms with Crippen LogP contribution in [0.3, 0.4) is 0 Å². The molecule has 22 heavy (non-hydrogen) atoms. The molecule has 1 aromatic carbocycles. The highest BCUT2D eigenvalue weighted by Gasteiger charge is 2.21. The van der Waals surface area contributed by atoms with Crippen LogP contribution in [0.1, 0.15) is 27.2 Å². The van der Waals surface area contributed by atoms with E-state index in [0.29, 0.717) is 5.75 Å². The molecule has 0 saturated carbocycles. The highest BCUT2D eigenvalue weighted by atomic mass is 16.5. The van der Waals surface area contributed by atoms with E-state index in [4.69, 9.17) is 14.6 Å². The van der Waals surface area contributed by atoms with E-state index in [1.54, 1.807) is 24.3 Å². The van der Waals surface area contributed by atoms with Crippen LogP contribution in [0.25, 0.3) is 0 Å². The van der Waals surface area contributed by atoms with Crippen molar-refractivity contribution >= 4 is 11.9 Å². The number of carboxylic acid groups (broad SMARTS) is 1. The second-order valence-corrected chi connectivity index (χ2v) is 5.81. The molecule has 2 N–H and O–H groups in total. The third-order valence-electron chi connectivity index (χ3n) is 2.69. The fourth-order valence-electron chi connectivity index (χ4n) is 1.64. The molecule has 0 aliphatic heterocycles. The van der Waals surface area contributed by atoms with Crippen molar-refractivity contribution in [3.63, 3.8) is 0 Å². The summed E-state index contributed by atoms with van der Waals surface area (Å²) < 4.78 is 10.7. The fraction of sp³-hybridized carbons (Fsp3) is 0.500. The van der Waals surface area contributed by atoms with Crippen LogP contribution in [0.4, 0.5) is 0 Å². The van der Waals surface area contributed by atoms with Gasteiger partial charge in [0.25, 0.3) is 5.91 Å². The summed E-state index contributed by atoms with van der Waals surface area (Å²) in [5.74, 6) is -1.02. The molecule has 1 rings (SSSR count). The molecule has 6 nitrogen and oxygen atoms in total. The number of ether oxygens (including phenoxy) is 2. The number of hydrogen-bond donors (Lipinski definition) is 2. The molecule has 0 aliphatic carbocycles. The van der Waals surface area contributed by atoms with E-state index in [2.05, 4.69) is 5.32 Å². The standard InChI is InChI=1S/C16H23NO5/c1-16(2,3)22-10-9-13(15(19)20)17-14(18)11-21-12-7-5-4-6-8-12/h4-8,13H,9-11H2,1-3H3,(H,17,18)(H,19,20). The highest BCUT2D eigenvalue weighted by molar-refractivity contribution is 5.84. The molecule has 1 atom stereocenters. The number of aliphatic carboxylic acids is 1. The van der Waals surface area contributed by atoms with Crippen LogP contribution in [-0.4, -0.2) is 41.8 Å². The van der Waals surface area contributed by atoms with Crippen LogP contribution >= 0.6 is 0 Å². The van der Waals surface area contributed by atoms with E-state index in [1.807, 2.05) is 26.8 Å². The molecule has 1 unspecified atom stereocenters. The van der Waals surface area contributed by atoms with Gasteiger partial charge in [0.15, 0.2) is 6.61 Å². The highest BCUT2D eigenvalue weighted by Crippen LogP contribution is 2.09. The maximum Gasteiger partial charge on any atom is 0.326 e. The van der Waals surface area contributed by atoms with Crippen molar-refractivity contribution < 1.29 is 24.2 Å². The Labute approximate surface area is 130 Å². The molecule has 122 valence electrons. The van der Waals surface area contributed by atoms with Crippen molar-refractivity contribution in [1.29, 1.82) is 0 Å². The average molecular weight is 309 g/mol. The average Bonchev–Trinajstić information content (AvgIpc) is 2.43. The summed E-state index contributed by atoms with van der Waals surface area (Å²) in [5.41, 5.74) is -0.344. The maximum absolute atomic E-state index is 11.8. The number of hydrogen-bond acceptors (Lipinski definition) is 4. The van der Waals surface area contributed by atoms with Gasteiger partial charge in [-0.3, -0.25) is 4.79 Å². The van der Waals surface area contributed by atoms with Crippen molar-refractivity contribution in [2.45, 2.75) is 38.8 Å². The van der Waals surface area contributed by atoms with Gasteiger partial charge in [0.1, 0.15) is 11.8 Å². The summed E-state index contributed by atoms with van der Waals surface area (Å²) in [4.78, 5) is 22.9. The number of para-hydroxylation sites is 1. The van der Waals surface area contributed by atoms with E-state index >= 15 is 0 Å². The predicted octanol–water partition coefficient (Wildman–Crippen LogP) is 1.84. The topological polar surface area (TPSA) is 84.9 Å². The summed E-state index contributed by atoms with van der Waals surface area (Å²) in [6.07, 6.45) is 0.198. The summed E-state index contributed by atoms with van der Waals surface area (Å²) in [5, 5.41) is 11.6. The van der Waals surface area contributed by atoms with Gasteiger partial charge in [-0.25, -0.2) is 4.79 Å². The number of benzene rings is 1. The second-order valence-electron chi connectivity index (χ2n) is 5.81. The summed E-state index contributed by atoms with van der Waals surface area (Å²) >= 11 is 0. The third kappa shape index (κ3) is 7.64. The number of carbonyl (C=O) groups is 2. The first-order chi connectivity index (χ1) is 10.3. The molecule has 1 amide bonds. The number of carboxylic acids is 1. The van der Waals surface area contributed by atoms with E-state index < -0.39 is 17.9 Å². The van der Waals surface area contributed by atoms with Crippen molar-refractivity contribution in [3.8, 4) is 5.75 Å². The lowest BCUT2D eigenvalue weighted by atomic mass is 10.2. The quantitative estimate of drug-likeness (QED) is 0.765. The molecule has 1 aromatic rings. The molecule has 0 aromatic heterocycles. The summed E-state index contributed by atoms with van der Waals surface area (Å²) in [6.45, 7) is 5.67. The van der Waals surface area contributed by atoms with E-state index in [1.165, 1.54) is 0 Å². The van der Waals surface area contributed by atoms with E-state index in [9.17, 15) is 9.59 Å². The van der Waals surface area contributed by atoms with Gasteiger partial charge in [-0.2, -0.15) is 0 Å². The van der Waals surface area contributed by atoms with Gasteiger partial charge in [-0.05, 0) is 32.9 Å². The zero-order valence-corrected chi connectivity index (χ0v) is 13.2. The first-order valence-corrected chi connectivity index (χ1v) is 7.12. The van der Waals surface area contributed by atoms with Crippen LogP contribution in [0.15, 0.2) is 30.3 Å². The van der Waals surface area contributed by atoms with Gasteiger partial charge in [0.05, 0.1) is 5.60 Å². The zero-order valence-electron chi connectivity index (χ0n) is 13.2. The molecule has 0 spiro atoms. The number of nitrogens with one attached hydrogen (secondary N) is 1. The van der Waals surface area contributed by atoms with Crippen LogP contribution in [0, 0.1) is 0 Å². The lowest BCUT2D eigenvalue weighted by Crippen LogP contribution is -2.44. The Hall–Kier alpha value is -2.08. The maximum atomic E-state index is 11.8. The zero-order chi connectivity index (χ0) is 16.6. The molecule has 0 aliphatic rings. The Balaban J connectivity index is 2.39. The van der Waals surface area contributed by atoms with Gasteiger partial charge in [-0.15, -0.1) is 0 Å². The Morgan fingerprint density at radius 2 is 1.86 bits per heavy atom. The minimum atomic E-state index is -1.09. The lowest BCUT2D eigenvalue weighted by Gasteiger charge is -2.21. The minimum Gasteiger partial charge on any atom is -0.484 e. The summed E-state index contributed by atoms with van der Waals surface area (Å²) in [6, 6.07) is 7.86. The molecule has 0 saturated heterocycles. The molecule has 0 radical (unpaired) electrons. The largest absolute Gasteiger partial charge is 0.484 e. The Kier molecular flexibility index (Phi) is 6.85. The number of rotatable bonds is 8. The van der Waals surface area contributed by atoms with Crippen molar-refractivity contribution in [1.82, 2.24) is 5.32 Å². The molecule has 0 fully saturated rings. The third-order valence-corrected chi connectivity index (χ3v) is 2.69. The first kappa shape index (κ1) is 18.0. The van der Waals surface area contributed by atoms with Crippen molar-refractivity contribution in [2.75, 3.05) is 13.2 Å². The van der Waals surface area contributed by atoms with Gasteiger partial charge >= 0.3 is 5.97 Å². The van der Waals surface area contributed by atoms with Crippen LogP contribution in [0.2, 0.25) is 0 Å². The van der Waals surface area contributed by atoms with E-state index in [-0.39, 0.29) is 25.2 Å². The normalized spacial score (nSPS) is 12.5. The SMILES string of the molecule is CC(C)(C)OCCC(NC(=O)COc1ccccc1)C(=O)O. The molecule has 6 heteroatoms. The minimum absolute atomic E-state index is 0.198. The van der Waals surface area contributed by atoms with Crippen molar-refractivity contribution in [2.24, 2.45) is 0 Å². The monoisotopic (exact) mass is 309 g/mol. The van der Waals surface area contributed by atoms with Gasteiger partial charge in [0.2, 0.25) is 0 Å². The van der Waals surface area contributed by atoms with Crippen LogP contribution in [0.5, 0.6) is 5.75 Å². The van der Waals surface area contributed by atoms with E-state index in [0.717, 1.165) is 0 Å². The van der Waals surface area contributed by atoms with Crippen LogP contribution < -0.4 is 10.1 Å². The fourth-order valence-corrected chi connectivity index (χ4v) is 1.64. The summed E-state index contributed by atoms with van der Waals surface area (Å²) in [7, 11) is 0. The van der Waals surface area contributed by atoms with Crippen molar-refractivity contribution in [3.05, 3.63) is 30.3 Å². The first-order valence-electron chi connectivity index (χ1n) is 7.12. The lowest BCUT2D eigenvalue weighted by molar-refractivity contribution is -0.143. The molecule has 0 heterocycles. The molecular weight excluding hydrogens is 286 g/mol. The predicted molar refractivity (Wildman–Crippen MR) is 81.8 cm³/mol. The number of amides is 1. The second kappa shape index (κ2) is 8.38. The molecular formula is C16H23NO5. The number of carbonyl (C=O) groups excluding carboxylic acids is 1.